The van der Waals surface area contributed by atoms with Crippen molar-refractivity contribution in [2.24, 2.45) is 23.7 Å². The number of piperidine rings is 1. The highest BCUT2D eigenvalue weighted by Crippen LogP contribution is 2.57. The highest BCUT2D eigenvalue weighted by molar-refractivity contribution is 5.03. The molecule has 1 N–H and O–H groups in total. The van der Waals surface area contributed by atoms with Crippen LogP contribution in [-0.2, 0) is 4.74 Å². The summed E-state index contributed by atoms with van der Waals surface area (Å²) in [6.45, 7) is 3.48. The number of nitrogens with one attached hydrogen (secondary N) is 1. The molecule has 0 aromatic carbocycles. The Morgan fingerprint density at radius 1 is 1.00 bits per heavy atom. The molecule has 1 aliphatic heterocycles. The lowest BCUT2D eigenvalue weighted by Crippen LogP contribution is -2.52. The van der Waals surface area contributed by atoms with E-state index in [4.69, 9.17) is 4.74 Å². The average Bonchev–Trinajstić information content (AvgIpc) is 2.38. The van der Waals surface area contributed by atoms with Crippen LogP contribution < -0.4 is 5.32 Å². The quantitative estimate of drug-likeness (QED) is 0.840. The molecule has 1 heterocycles. The molecular formula is C17H29NO. The third kappa shape index (κ3) is 2.58. The monoisotopic (exact) mass is 263 g/mol. The summed E-state index contributed by atoms with van der Waals surface area (Å²) in [7, 11) is 0. The largest absolute Gasteiger partial charge is 0.375 e. The Bertz CT molecular complexity index is 286. The fraction of sp³-hybridized carbons (Fsp3) is 1.00. The minimum absolute atomic E-state index is 0.330. The normalized spacial score (nSPS) is 48.6. The van der Waals surface area contributed by atoms with Crippen molar-refractivity contribution in [3.63, 3.8) is 0 Å². The zero-order valence-electron chi connectivity index (χ0n) is 12.2. The summed E-state index contributed by atoms with van der Waals surface area (Å²) in [6, 6.07) is 0. The van der Waals surface area contributed by atoms with Crippen LogP contribution in [0.3, 0.4) is 0 Å². The average molecular weight is 263 g/mol. The van der Waals surface area contributed by atoms with Crippen molar-refractivity contribution < 1.29 is 4.74 Å². The predicted octanol–water partition coefficient (Wildman–Crippen LogP) is 3.36. The van der Waals surface area contributed by atoms with E-state index >= 15 is 0 Å². The maximum atomic E-state index is 6.52. The van der Waals surface area contributed by atoms with Gasteiger partial charge in [0.25, 0.3) is 0 Å². The first kappa shape index (κ1) is 12.6. The summed E-state index contributed by atoms with van der Waals surface area (Å²) >= 11 is 0. The Morgan fingerprint density at radius 2 is 1.68 bits per heavy atom. The molecule has 19 heavy (non-hydrogen) atoms. The molecule has 4 bridgehead atoms. The van der Waals surface area contributed by atoms with E-state index in [0.717, 1.165) is 30.3 Å². The highest BCUT2D eigenvalue weighted by atomic mass is 16.5. The fourth-order valence-corrected chi connectivity index (χ4v) is 5.82. The van der Waals surface area contributed by atoms with Crippen LogP contribution in [0, 0.1) is 23.7 Å². The van der Waals surface area contributed by atoms with Crippen LogP contribution in [0.5, 0.6) is 0 Å². The van der Waals surface area contributed by atoms with Crippen molar-refractivity contribution in [1.29, 1.82) is 0 Å². The van der Waals surface area contributed by atoms with Gasteiger partial charge in [0, 0.05) is 6.61 Å². The Balaban J connectivity index is 1.30. The number of rotatable bonds is 4. The molecule has 5 rings (SSSR count). The molecule has 0 aromatic rings. The van der Waals surface area contributed by atoms with Crippen LogP contribution in [0.25, 0.3) is 0 Å². The fourth-order valence-electron chi connectivity index (χ4n) is 5.82. The molecule has 108 valence electrons. The van der Waals surface area contributed by atoms with Crippen molar-refractivity contribution in [3.8, 4) is 0 Å². The summed E-state index contributed by atoms with van der Waals surface area (Å²) in [5.41, 5.74) is 0.330. The van der Waals surface area contributed by atoms with Gasteiger partial charge < -0.3 is 10.1 Å². The Morgan fingerprint density at radius 3 is 2.26 bits per heavy atom. The Hall–Kier alpha value is -0.0800. The smallest absolute Gasteiger partial charge is 0.0690 e. The van der Waals surface area contributed by atoms with Gasteiger partial charge >= 0.3 is 0 Å². The van der Waals surface area contributed by atoms with E-state index in [2.05, 4.69) is 5.32 Å². The van der Waals surface area contributed by atoms with Crippen LogP contribution in [0.4, 0.5) is 0 Å². The lowest BCUT2D eigenvalue weighted by molar-refractivity contribution is -0.164. The molecule has 0 amide bonds. The number of ether oxygens (including phenoxy) is 1. The second-order valence-corrected chi connectivity index (χ2v) is 7.95. The van der Waals surface area contributed by atoms with Crippen LogP contribution in [0.2, 0.25) is 0 Å². The van der Waals surface area contributed by atoms with Crippen molar-refractivity contribution in [3.05, 3.63) is 0 Å². The molecule has 1 unspecified atom stereocenters. The highest BCUT2D eigenvalue weighted by Gasteiger charge is 2.51. The van der Waals surface area contributed by atoms with Crippen LogP contribution >= 0.6 is 0 Å². The van der Waals surface area contributed by atoms with Crippen LogP contribution in [0.15, 0.2) is 0 Å². The van der Waals surface area contributed by atoms with E-state index in [9.17, 15) is 0 Å². The molecule has 5 aliphatic rings. The van der Waals surface area contributed by atoms with Gasteiger partial charge in [-0.2, -0.15) is 0 Å². The molecule has 5 fully saturated rings. The van der Waals surface area contributed by atoms with Gasteiger partial charge in [0.2, 0.25) is 0 Å². The third-order valence-electron chi connectivity index (χ3n) is 6.32. The van der Waals surface area contributed by atoms with Crippen molar-refractivity contribution in [1.82, 2.24) is 5.32 Å². The lowest BCUT2D eigenvalue weighted by atomic mass is 9.54. The lowest BCUT2D eigenvalue weighted by Gasteiger charge is -2.56. The van der Waals surface area contributed by atoms with Gasteiger partial charge in [-0.25, -0.2) is 0 Å². The molecule has 4 saturated carbocycles. The maximum absolute atomic E-state index is 6.52. The van der Waals surface area contributed by atoms with Crippen molar-refractivity contribution in [2.75, 3.05) is 19.7 Å². The van der Waals surface area contributed by atoms with E-state index < -0.39 is 0 Å². The summed E-state index contributed by atoms with van der Waals surface area (Å²) < 4.78 is 6.52. The molecule has 0 radical (unpaired) electrons. The molecule has 0 spiro atoms. The molecule has 2 nitrogen and oxygen atoms in total. The Labute approximate surface area is 117 Å². The molecule has 4 aliphatic carbocycles. The summed E-state index contributed by atoms with van der Waals surface area (Å²) in [5.74, 6) is 3.93. The minimum Gasteiger partial charge on any atom is -0.375 e. The van der Waals surface area contributed by atoms with Crippen LogP contribution in [-0.4, -0.2) is 25.3 Å². The van der Waals surface area contributed by atoms with E-state index in [1.54, 1.807) is 0 Å². The first-order chi connectivity index (χ1) is 9.31. The molecule has 2 heteroatoms. The van der Waals surface area contributed by atoms with Gasteiger partial charge in [0.15, 0.2) is 0 Å². The summed E-state index contributed by atoms with van der Waals surface area (Å²) in [6.07, 6.45) is 12.8. The summed E-state index contributed by atoms with van der Waals surface area (Å²) in [5, 5.41) is 3.52. The van der Waals surface area contributed by atoms with Gasteiger partial charge in [-0.05, 0) is 94.5 Å². The van der Waals surface area contributed by atoms with Gasteiger partial charge in [0.1, 0.15) is 0 Å². The SMILES string of the molecule is C1CNCC(CCOC23CC4CC(CC(C4)C2)C3)C1. The van der Waals surface area contributed by atoms with Gasteiger partial charge in [0.05, 0.1) is 5.60 Å². The van der Waals surface area contributed by atoms with Gasteiger partial charge in [-0.15, -0.1) is 0 Å². The Kier molecular flexibility index (Phi) is 3.35. The molecule has 1 saturated heterocycles. The predicted molar refractivity (Wildman–Crippen MR) is 77.1 cm³/mol. The van der Waals surface area contributed by atoms with E-state index in [-0.39, 0.29) is 0 Å². The number of hydrogen-bond acceptors (Lipinski definition) is 2. The number of hydrogen-bond donors (Lipinski definition) is 1. The second-order valence-electron chi connectivity index (χ2n) is 7.95. The van der Waals surface area contributed by atoms with Gasteiger partial charge in [-0.1, -0.05) is 0 Å². The van der Waals surface area contributed by atoms with E-state index in [1.807, 2.05) is 0 Å². The van der Waals surface area contributed by atoms with Crippen LogP contribution in [0.1, 0.15) is 57.8 Å². The van der Waals surface area contributed by atoms with Gasteiger partial charge in [-0.3, -0.25) is 0 Å². The topological polar surface area (TPSA) is 21.3 Å². The molecule has 0 aromatic heterocycles. The zero-order valence-corrected chi connectivity index (χ0v) is 12.2. The zero-order chi connectivity index (χ0) is 12.7. The van der Waals surface area contributed by atoms with Crippen molar-refractivity contribution in [2.45, 2.75) is 63.4 Å². The first-order valence-electron chi connectivity index (χ1n) is 8.66. The minimum atomic E-state index is 0.330. The third-order valence-corrected chi connectivity index (χ3v) is 6.32. The summed E-state index contributed by atoms with van der Waals surface area (Å²) in [4.78, 5) is 0. The standard InChI is InChI=1S/C17H29NO/c1-2-13(12-18-4-1)3-5-19-17-9-14-6-15(10-17)8-16(7-14)11-17/h13-16,18H,1-12H2. The molecular weight excluding hydrogens is 234 g/mol. The second kappa shape index (κ2) is 5.04. The maximum Gasteiger partial charge on any atom is 0.0690 e. The van der Waals surface area contributed by atoms with E-state index in [0.29, 0.717) is 5.60 Å². The molecule has 1 atom stereocenters. The van der Waals surface area contributed by atoms with E-state index in [1.165, 1.54) is 70.9 Å². The first-order valence-corrected chi connectivity index (χ1v) is 8.66. The van der Waals surface area contributed by atoms with Crippen molar-refractivity contribution >= 4 is 0 Å².